The third kappa shape index (κ3) is 2.82. The maximum atomic E-state index is 11.2. The molecule has 0 aromatic carbocycles. The molecular formula is C15H22N2O3. The molecule has 1 saturated carbocycles. The molecular weight excluding hydrogens is 256 g/mol. The minimum absolute atomic E-state index is 0.191. The minimum atomic E-state index is -0.972. The summed E-state index contributed by atoms with van der Waals surface area (Å²) in [4.78, 5) is 20.0. The lowest BCUT2D eigenvalue weighted by Crippen LogP contribution is -2.31. The van der Waals surface area contributed by atoms with Gasteiger partial charge in [0.1, 0.15) is 5.60 Å². The Morgan fingerprint density at radius 2 is 2.00 bits per heavy atom. The lowest BCUT2D eigenvalue weighted by Gasteiger charge is -2.30. The van der Waals surface area contributed by atoms with E-state index in [0.29, 0.717) is 17.9 Å². The van der Waals surface area contributed by atoms with E-state index in [0.717, 1.165) is 25.7 Å². The predicted molar refractivity (Wildman–Crippen MR) is 74.8 cm³/mol. The first-order valence-electron chi connectivity index (χ1n) is 7.28. The molecule has 0 aliphatic heterocycles. The van der Waals surface area contributed by atoms with Crippen molar-refractivity contribution in [3.8, 4) is 0 Å². The van der Waals surface area contributed by atoms with Gasteiger partial charge in [0.25, 0.3) is 0 Å². The van der Waals surface area contributed by atoms with E-state index in [2.05, 4.69) is 9.97 Å². The van der Waals surface area contributed by atoms with Crippen LogP contribution in [0.25, 0.3) is 0 Å². The summed E-state index contributed by atoms with van der Waals surface area (Å²) in [5, 5.41) is 9.15. The second-order valence-electron chi connectivity index (χ2n) is 5.33. The lowest BCUT2D eigenvalue weighted by atomic mass is 9.92. The number of hydrogen-bond acceptors (Lipinski definition) is 4. The van der Waals surface area contributed by atoms with Gasteiger partial charge in [0.05, 0.1) is 11.3 Å². The fourth-order valence-corrected chi connectivity index (χ4v) is 2.90. The largest absolute Gasteiger partial charge is 0.478 e. The van der Waals surface area contributed by atoms with E-state index in [1.165, 1.54) is 19.0 Å². The fraction of sp³-hybridized carbons (Fsp3) is 0.667. The summed E-state index contributed by atoms with van der Waals surface area (Å²) in [6.07, 6.45) is 8.42. The first kappa shape index (κ1) is 14.9. The van der Waals surface area contributed by atoms with Crippen LogP contribution in [0.1, 0.15) is 67.3 Å². The zero-order chi connectivity index (χ0) is 14.6. The number of methoxy groups -OCH3 is 1. The first-order chi connectivity index (χ1) is 9.63. The summed E-state index contributed by atoms with van der Waals surface area (Å²) in [5.41, 5.74) is 0.330. The molecule has 0 radical (unpaired) electrons. The molecule has 1 aliphatic rings. The number of rotatable bonds is 4. The smallest absolute Gasteiger partial charge is 0.339 e. The topological polar surface area (TPSA) is 72.3 Å². The van der Waals surface area contributed by atoms with Crippen LogP contribution in [0.5, 0.6) is 0 Å². The Kier molecular flexibility index (Phi) is 4.70. The summed E-state index contributed by atoms with van der Waals surface area (Å²) in [6.45, 7) is 1.91. The van der Waals surface area contributed by atoms with Crippen LogP contribution in [0.15, 0.2) is 6.20 Å². The molecule has 110 valence electrons. The maximum Gasteiger partial charge on any atom is 0.339 e. The molecule has 5 nitrogen and oxygen atoms in total. The van der Waals surface area contributed by atoms with Crippen LogP contribution in [0, 0.1) is 0 Å². The number of carboxylic acid groups (broad SMARTS) is 1. The molecule has 1 aromatic rings. The number of aryl methyl sites for hydroxylation is 1. The van der Waals surface area contributed by atoms with E-state index in [1.54, 1.807) is 7.11 Å². The molecule has 0 unspecified atom stereocenters. The van der Waals surface area contributed by atoms with Gasteiger partial charge in [0.15, 0.2) is 5.82 Å². The third-order valence-electron chi connectivity index (χ3n) is 4.14. The third-order valence-corrected chi connectivity index (χ3v) is 4.14. The molecule has 20 heavy (non-hydrogen) atoms. The molecule has 1 aliphatic carbocycles. The van der Waals surface area contributed by atoms with Crippen molar-refractivity contribution in [2.75, 3.05) is 7.11 Å². The van der Waals surface area contributed by atoms with Crippen molar-refractivity contribution in [1.82, 2.24) is 9.97 Å². The van der Waals surface area contributed by atoms with Gasteiger partial charge >= 0.3 is 5.97 Å². The van der Waals surface area contributed by atoms with E-state index in [-0.39, 0.29) is 5.56 Å². The van der Waals surface area contributed by atoms with E-state index >= 15 is 0 Å². The van der Waals surface area contributed by atoms with Crippen molar-refractivity contribution in [2.24, 2.45) is 0 Å². The molecule has 0 atom stereocenters. The zero-order valence-electron chi connectivity index (χ0n) is 12.2. The Morgan fingerprint density at radius 3 is 2.50 bits per heavy atom. The van der Waals surface area contributed by atoms with Gasteiger partial charge in [-0.1, -0.05) is 32.6 Å². The summed E-state index contributed by atoms with van der Waals surface area (Å²) >= 11 is 0. The van der Waals surface area contributed by atoms with Gasteiger partial charge < -0.3 is 9.84 Å². The maximum absolute atomic E-state index is 11.2. The molecule has 1 fully saturated rings. The van der Waals surface area contributed by atoms with Crippen molar-refractivity contribution in [3.63, 3.8) is 0 Å². The van der Waals surface area contributed by atoms with E-state index < -0.39 is 11.6 Å². The number of aromatic carboxylic acids is 1. The van der Waals surface area contributed by atoms with E-state index in [1.807, 2.05) is 6.92 Å². The molecule has 2 rings (SSSR count). The van der Waals surface area contributed by atoms with Crippen LogP contribution in [-0.4, -0.2) is 28.2 Å². The fourth-order valence-electron chi connectivity index (χ4n) is 2.90. The molecule has 0 bridgehead atoms. The van der Waals surface area contributed by atoms with Crippen LogP contribution >= 0.6 is 0 Å². The number of aromatic nitrogens is 2. The van der Waals surface area contributed by atoms with Crippen LogP contribution in [0.2, 0.25) is 0 Å². The second kappa shape index (κ2) is 6.31. The average Bonchev–Trinajstić information content (AvgIpc) is 2.72. The van der Waals surface area contributed by atoms with E-state index in [4.69, 9.17) is 9.84 Å². The van der Waals surface area contributed by atoms with Crippen LogP contribution < -0.4 is 0 Å². The summed E-state index contributed by atoms with van der Waals surface area (Å²) in [7, 11) is 1.70. The van der Waals surface area contributed by atoms with Crippen LogP contribution in [-0.2, 0) is 16.8 Å². The van der Waals surface area contributed by atoms with Crippen LogP contribution in [0.4, 0.5) is 0 Å². The zero-order valence-corrected chi connectivity index (χ0v) is 12.2. The summed E-state index contributed by atoms with van der Waals surface area (Å²) < 4.78 is 5.77. The highest BCUT2D eigenvalue weighted by Gasteiger charge is 2.36. The van der Waals surface area contributed by atoms with Crippen molar-refractivity contribution in [1.29, 1.82) is 0 Å². The van der Waals surface area contributed by atoms with E-state index in [9.17, 15) is 4.79 Å². The Morgan fingerprint density at radius 1 is 1.35 bits per heavy atom. The Bertz CT molecular complexity index is 480. The Hall–Kier alpha value is -1.49. The highest BCUT2D eigenvalue weighted by atomic mass is 16.5. The quantitative estimate of drug-likeness (QED) is 0.857. The monoisotopic (exact) mass is 278 g/mol. The molecule has 0 spiro atoms. The standard InChI is InChI=1S/C15H22N2O3/c1-3-12-11(13(18)19)10-16-14(17-12)15(20-2)8-6-4-5-7-9-15/h10H,3-9H2,1-2H3,(H,18,19). The van der Waals surface area contributed by atoms with Gasteiger partial charge in [0.2, 0.25) is 0 Å². The molecule has 1 N–H and O–H groups in total. The van der Waals surface area contributed by atoms with Crippen LogP contribution in [0.3, 0.4) is 0 Å². The van der Waals surface area contributed by atoms with Crippen molar-refractivity contribution < 1.29 is 14.6 Å². The number of carboxylic acids is 1. The SMILES string of the molecule is CCc1nc(C2(OC)CCCCCC2)ncc1C(=O)O. The Labute approximate surface area is 119 Å². The number of carbonyl (C=O) groups is 1. The Balaban J connectivity index is 2.41. The molecule has 1 aromatic heterocycles. The minimum Gasteiger partial charge on any atom is -0.478 e. The van der Waals surface area contributed by atoms with Gasteiger partial charge in [-0.3, -0.25) is 0 Å². The molecule has 0 amide bonds. The van der Waals surface area contributed by atoms with Gasteiger partial charge in [-0.05, 0) is 19.3 Å². The molecule has 5 heteroatoms. The second-order valence-corrected chi connectivity index (χ2v) is 5.33. The van der Waals surface area contributed by atoms with Crippen molar-refractivity contribution >= 4 is 5.97 Å². The van der Waals surface area contributed by atoms with Crippen molar-refractivity contribution in [2.45, 2.75) is 57.5 Å². The van der Waals surface area contributed by atoms with Gasteiger partial charge in [-0.2, -0.15) is 0 Å². The summed E-state index contributed by atoms with van der Waals surface area (Å²) in [6, 6.07) is 0. The average molecular weight is 278 g/mol. The molecule has 1 heterocycles. The van der Waals surface area contributed by atoms with Gasteiger partial charge in [-0.25, -0.2) is 14.8 Å². The van der Waals surface area contributed by atoms with Gasteiger partial charge in [0, 0.05) is 13.3 Å². The van der Waals surface area contributed by atoms with Crippen molar-refractivity contribution in [3.05, 3.63) is 23.3 Å². The number of nitrogens with zero attached hydrogens (tertiary/aromatic N) is 2. The predicted octanol–water partition coefficient (Wildman–Crippen LogP) is 2.93. The number of ether oxygens (including phenoxy) is 1. The highest BCUT2D eigenvalue weighted by Crippen LogP contribution is 2.37. The highest BCUT2D eigenvalue weighted by molar-refractivity contribution is 5.88. The molecule has 0 saturated heterocycles. The van der Waals surface area contributed by atoms with Gasteiger partial charge in [-0.15, -0.1) is 0 Å². The number of hydrogen-bond donors (Lipinski definition) is 1. The summed E-state index contributed by atoms with van der Waals surface area (Å²) in [5.74, 6) is -0.329. The lowest BCUT2D eigenvalue weighted by molar-refractivity contribution is -0.0353. The first-order valence-corrected chi connectivity index (χ1v) is 7.28. The normalized spacial score (nSPS) is 18.5.